The van der Waals surface area contributed by atoms with Gasteiger partial charge in [0.2, 0.25) is 5.91 Å². The molecule has 1 amide bonds. The van der Waals surface area contributed by atoms with Crippen molar-refractivity contribution in [2.75, 3.05) is 49.1 Å². The van der Waals surface area contributed by atoms with Gasteiger partial charge in [0.05, 0.1) is 11.6 Å². The Morgan fingerprint density at radius 2 is 1.54 bits per heavy atom. The number of rotatable bonds is 5. The fourth-order valence-electron chi connectivity index (χ4n) is 4.99. The van der Waals surface area contributed by atoms with Crippen molar-refractivity contribution in [3.8, 4) is 11.3 Å². The van der Waals surface area contributed by atoms with E-state index in [0.717, 1.165) is 73.9 Å². The molecule has 7 heteroatoms. The number of carbonyl (C=O) groups excluding carboxylic acids is 2. The van der Waals surface area contributed by atoms with Gasteiger partial charge < -0.3 is 14.7 Å². The number of benzene rings is 2. The van der Waals surface area contributed by atoms with E-state index < -0.39 is 0 Å². The molecule has 0 N–H and O–H groups in total. The molecule has 180 valence electrons. The Hall–Kier alpha value is -3.74. The minimum Gasteiger partial charge on any atom is -0.368 e. The normalized spacial score (nSPS) is 18.4. The molecular weight excluding hydrogens is 438 g/mol. The Labute approximate surface area is 206 Å². The molecule has 7 nitrogen and oxygen atoms in total. The minimum atomic E-state index is -0.0132. The molecular formula is C28H31N5O2. The predicted molar refractivity (Wildman–Crippen MR) is 138 cm³/mol. The number of aromatic nitrogens is 2. The third kappa shape index (κ3) is 5.19. The second-order valence-corrected chi connectivity index (χ2v) is 9.34. The number of hydrogen-bond donors (Lipinski definition) is 0. The molecule has 35 heavy (non-hydrogen) atoms. The lowest BCUT2D eigenvalue weighted by Crippen LogP contribution is -2.52. The molecule has 5 rings (SSSR count). The summed E-state index contributed by atoms with van der Waals surface area (Å²) in [5.74, 6) is 1.14. The lowest BCUT2D eigenvalue weighted by atomic mass is 9.96. The maximum atomic E-state index is 13.3. The summed E-state index contributed by atoms with van der Waals surface area (Å²) in [6, 6.07) is 21.8. The van der Waals surface area contributed by atoms with E-state index in [2.05, 4.69) is 20.0 Å². The summed E-state index contributed by atoms with van der Waals surface area (Å²) in [4.78, 5) is 31.3. The van der Waals surface area contributed by atoms with Gasteiger partial charge in [-0.3, -0.25) is 9.59 Å². The van der Waals surface area contributed by atoms with Crippen molar-refractivity contribution in [2.45, 2.75) is 19.8 Å². The molecule has 2 aliphatic rings. The fourth-order valence-corrected chi connectivity index (χ4v) is 4.99. The van der Waals surface area contributed by atoms with Crippen LogP contribution in [0, 0.1) is 5.92 Å². The van der Waals surface area contributed by atoms with Crippen molar-refractivity contribution in [2.24, 2.45) is 5.92 Å². The third-order valence-corrected chi connectivity index (χ3v) is 7.04. The average Bonchev–Trinajstić information content (AvgIpc) is 2.93. The summed E-state index contributed by atoms with van der Waals surface area (Å²) in [5, 5.41) is 8.89. The topological polar surface area (TPSA) is 69.6 Å². The molecule has 0 saturated carbocycles. The van der Waals surface area contributed by atoms with E-state index in [4.69, 9.17) is 0 Å². The first-order valence-corrected chi connectivity index (χ1v) is 12.4. The first-order chi connectivity index (χ1) is 17.1. The lowest BCUT2D eigenvalue weighted by Gasteiger charge is -2.40. The number of piperazine rings is 1. The first-order valence-electron chi connectivity index (χ1n) is 12.4. The van der Waals surface area contributed by atoms with Crippen LogP contribution in [0.4, 0.5) is 11.5 Å². The molecule has 1 unspecified atom stereocenters. The van der Waals surface area contributed by atoms with Crippen molar-refractivity contribution >= 4 is 23.2 Å². The molecule has 0 bridgehead atoms. The van der Waals surface area contributed by atoms with Crippen molar-refractivity contribution in [1.82, 2.24) is 15.1 Å². The standard InChI is InChI=1S/C28H31N5O2/c1-21(34)22-9-11-25(12-10-22)31-16-18-32(19-17-31)28(35)24-8-5-15-33(20-24)27-14-13-26(29-30-27)23-6-3-2-4-7-23/h2-4,6-7,9-14,24H,5,8,15-20H2,1H3. The van der Waals surface area contributed by atoms with Gasteiger partial charge in [0.25, 0.3) is 0 Å². The number of hydrogen-bond acceptors (Lipinski definition) is 6. The van der Waals surface area contributed by atoms with E-state index in [-0.39, 0.29) is 17.6 Å². The van der Waals surface area contributed by atoms with Crippen molar-refractivity contribution in [3.63, 3.8) is 0 Å². The van der Waals surface area contributed by atoms with E-state index in [1.165, 1.54) is 0 Å². The van der Waals surface area contributed by atoms with Gasteiger partial charge in [-0.15, -0.1) is 10.2 Å². The van der Waals surface area contributed by atoms with Crippen LogP contribution < -0.4 is 9.80 Å². The number of carbonyl (C=O) groups is 2. The summed E-state index contributed by atoms with van der Waals surface area (Å²) < 4.78 is 0. The van der Waals surface area contributed by atoms with Gasteiger partial charge in [-0.05, 0) is 56.2 Å². The van der Waals surface area contributed by atoms with E-state index in [1.807, 2.05) is 71.6 Å². The van der Waals surface area contributed by atoms with Crippen molar-refractivity contribution in [3.05, 3.63) is 72.3 Å². The molecule has 0 spiro atoms. The highest BCUT2D eigenvalue weighted by molar-refractivity contribution is 5.94. The summed E-state index contributed by atoms with van der Waals surface area (Å²) >= 11 is 0. The van der Waals surface area contributed by atoms with Crippen LogP contribution >= 0.6 is 0 Å². The van der Waals surface area contributed by atoms with Crippen LogP contribution in [-0.4, -0.2) is 66.1 Å². The van der Waals surface area contributed by atoms with Crippen molar-refractivity contribution < 1.29 is 9.59 Å². The van der Waals surface area contributed by atoms with E-state index >= 15 is 0 Å². The van der Waals surface area contributed by atoms with Gasteiger partial charge >= 0.3 is 0 Å². The first kappa shape index (κ1) is 23.0. The van der Waals surface area contributed by atoms with E-state index in [9.17, 15) is 9.59 Å². The van der Waals surface area contributed by atoms with Crippen LogP contribution in [0.25, 0.3) is 11.3 Å². The highest BCUT2D eigenvalue weighted by Crippen LogP contribution is 2.25. The van der Waals surface area contributed by atoms with Crippen LogP contribution in [0.2, 0.25) is 0 Å². The molecule has 3 aromatic rings. The molecule has 2 aliphatic heterocycles. The van der Waals surface area contributed by atoms with Crippen LogP contribution in [0.5, 0.6) is 0 Å². The van der Waals surface area contributed by atoms with Gasteiger partial charge in [-0.2, -0.15) is 0 Å². The second kappa shape index (κ2) is 10.3. The SMILES string of the molecule is CC(=O)c1ccc(N2CCN(C(=O)C3CCCN(c4ccc(-c5ccccc5)nn4)C3)CC2)cc1. The number of Topliss-reactive ketones (excluding diaryl/α,β-unsaturated/α-hetero) is 1. The molecule has 1 aromatic heterocycles. The average molecular weight is 470 g/mol. The minimum absolute atomic E-state index is 0.0132. The zero-order chi connectivity index (χ0) is 24.2. The lowest BCUT2D eigenvalue weighted by molar-refractivity contribution is -0.136. The Kier molecular flexibility index (Phi) is 6.75. The molecule has 2 fully saturated rings. The summed E-state index contributed by atoms with van der Waals surface area (Å²) in [7, 11) is 0. The fraction of sp³-hybridized carbons (Fsp3) is 0.357. The van der Waals surface area contributed by atoms with Gasteiger partial charge in [-0.25, -0.2) is 0 Å². The van der Waals surface area contributed by atoms with Crippen LogP contribution in [0.1, 0.15) is 30.1 Å². The molecule has 0 aliphatic carbocycles. The third-order valence-electron chi connectivity index (χ3n) is 7.04. The number of anilines is 2. The molecule has 0 radical (unpaired) electrons. The second-order valence-electron chi connectivity index (χ2n) is 9.34. The largest absolute Gasteiger partial charge is 0.368 e. The number of piperidine rings is 1. The van der Waals surface area contributed by atoms with Crippen molar-refractivity contribution in [1.29, 1.82) is 0 Å². The maximum Gasteiger partial charge on any atom is 0.227 e. The number of ketones is 1. The van der Waals surface area contributed by atoms with Crippen LogP contribution in [0.15, 0.2) is 66.7 Å². The van der Waals surface area contributed by atoms with Gasteiger partial charge in [-0.1, -0.05) is 30.3 Å². The van der Waals surface area contributed by atoms with E-state index in [1.54, 1.807) is 6.92 Å². The zero-order valence-corrected chi connectivity index (χ0v) is 20.1. The highest BCUT2D eigenvalue weighted by atomic mass is 16.2. The molecule has 3 heterocycles. The van der Waals surface area contributed by atoms with Gasteiger partial charge in [0.15, 0.2) is 11.6 Å². The number of amides is 1. The summed E-state index contributed by atoms with van der Waals surface area (Å²) in [6.45, 7) is 6.20. The summed E-state index contributed by atoms with van der Waals surface area (Å²) in [6.07, 6.45) is 1.89. The smallest absolute Gasteiger partial charge is 0.227 e. The Bertz CT molecular complexity index is 1160. The monoisotopic (exact) mass is 469 g/mol. The van der Waals surface area contributed by atoms with Gasteiger partial charge in [0, 0.05) is 56.1 Å². The maximum absolute atomic E-state index is 13.3. The molecule has 2 saturated heterocycles. The highest BCUT2D eigenvalue weighted by Gasteiger charge is 2.31. The van der Waals surface area contributed by atoms with Gasteiger partial charge in [0.1, 0.15) is 0 Å². The van der Waals surface area contributed by atoms with E-state index in [0.29, 0.717) is 6.54 Å². The Balaban J connectivity index is 1.17. The van der Waals surface area contributed by atoms with Crippen LogP contribution in [0.3, 0.4) is 0 Å². The molecule has 1 atom stereocenters. The Morgan fingerprint density at radius 3 is 2.20 bits per heavy atom. The quantitative estimate of drug-likeness (QED) is 0.528. The predicted octanol–water partition coefficient (Wildman–Crippen LogP) is 3.91. The van der Waals surface area contributed by atoms with Crippen LogP contribution in [-0.2, 0) is 4.79 Å². The number of nitrogens with zero attached hydrogens (tertiary/aromatic N) is 5. The zero-order valence-electron chi connectivity index (χ0n) is 20.1. The Morgan fingerprint density at radius 1 is 0.800 bits per heavy atom. The summed E-state index contributed by atoms with van der Waals surface area (Å²) in [5.41, 5.74) is 3.73. The molecule has 2 aromatic carbocycles.